The van der Waals surface area contributed by atoms with Crippen LogP contribution in [-0.2, 0) is 0 Å². The van der Waals surface area contributed by atoms with Crippen molar-refractivity contribution in [3.05, 3.63) is 18.7 Å². The van der Waals surface area contributed by atoms with Gasteiger partial charge in [-0.3, -0.25) is 9.39 Å². The molecule has 0 aromatic carbocycles. The second kappa shape index (κ2) is 8.83. The van der Waals surface area contributed by atoms with E-state index in [1.807, 2.05) is 10.6 Å². The molecule has 0 bridgehead atoms. The number of nitrogens with one attached hydrogen (secondary N) is 1. The molecule has 2 aliphatic rings. The van der Waals surface area contributed by atoms with Crippen LogP contribution >= 0.6 is 24.0 Å². The van der Waals surface area contributed by atoms with E-state index in [0.717, 1.165) is 37.5 Å². The fraction of sp³-hybridized carbons (Fsp3) is 0.647. The Morgan fingerprint density at radius 2 is 2.12 bits per heavy atom. The SMILES string of the molecule is I.NC(=NCC1CCCN(c2nccn3cnnc23)C1)NC1CCCC1. The Bertz CT molecular complexity index is 739. The van der Waals surface area contributed by atoms with Crippen molar-refractivity contribution in [3.63, 3.8) is 0 Å². The summed E-state index contributed by atoms with van der Waals surface area (Å²) in [5, 5.41) is 11.5. The van der Waals surface area contributed by atoms with E-state index in [1.54, 1.807) is 12.5 Å². The van der Waals surface area contributed by atoms with Gasteiger partial charge in [0.05, 0.1) is 0 Å². The van der Waals surface area contributed by atoms with Gasteiger partial charge < -0.3 is 16.0 Å². The lowest BCUT2D eigenvalue weighted by atomic mass is 9.98. The molecule has 1 saturated heterocycles. The second-order valence-corrected chi connectivity index (χ2v) is 7.12. The number of nitrogens with zero attached hydrogens (tertiary/aromatic N) is 6. The van der Waals surface area contributed by atoms with Gasteiger partial charge in [-0.05, 0) is 31.6 Å². The van der Waals surface area contributed by atoms with Crippen molar-refractivity contribution in [2.45, 2.75) is 44.6 Å². The Kier molecular flexibility index (Phi) is 6.49. The quantitative estimate of drug-likeness (QED) is 0.402. The zero-order chi connectivity index (χ0) is 17.1. The standard InChI is InChI=1S/C17H26N8.HI/c18-17(22-14-5-1-2-6-14)20-10-13-4-3-8-24(11-13)15-16-23-21-12-25(16)9-7-19-15;/h7,9,12-14H,1-6,8,10-11H2,(H3,18,20,22);1H. The van der Waals surface area contributed by atoms with Gasteiger partial charge in [-0.1, -0.05) is 12.8 Å². The number of anilines is 1. The van der Waals surface area contributed by atoms with E-state index < -0.39 is 0 Å². The van der Waals surface area contributed by atoms with Crippen LogP contribution in [0.1, 0.15) is 38.5 Å². The smallest absolute Gasteiger partial charge is 0.203 e. The molecule has 0 spiro atoms. The van der Waals surface area contributed by atoms with Crippen LogP contribution < -0.4 is 16.0 Å². The highest BCUT2D eigenvalue weighted by Gasteiger charge is 2.23. The fourth-order valence-corrected chi connectivity index (χ4v) is 3.93. The van der Waals surface area contributed by atoms with Gasteiger partial charge in [0.1, 0.15) is 6.33 Å². The fourth-order valence-electron chi connectivity index (χ4n) is 3.93. The first-order chi connectivity index (χ1) is 12.3. The van der Waals surface area contributed by atoms with Crippen LogP contribution in [0.25, 0.3) is 5.65 Å². The molecule has 2 aromatic heterocycles. The number of rotatable bonds is 4. The normalized spacial score (nSPS) is 21.8. The number of fused-ring (bicyclic) bond motifs is 1. The van der Waals surface area contributed by atoms with Crippen LogP contribution in [0, 0.1) is 5.92 Å². The molecule has 3 heterocycles. The molecule has 1 aliphatic heterocycles. The van der Waals surface area contributed by atoms with E-state index in [0.29, 0.717) is 17.9 Å². The molecule has 2 aromatic rings. The first-order valence-corrected chi connectivity index (χ1v) is 9.25. The average molecular weight is 470 g/mol. The summed E-state index contributed by atoms with van der Waals surface area (Å²) < 4.78 is 1.91. The average Bonchev–Trinajstić information content (AvgIpc) is 3.31. The highest BCUT2D eigenvalue weighted by molar-refractivity contribution is 14.0. The summed E-state index contributed by atoms with van der Waals surface area (Å²) in [6.45, 7) is 2.69. The molecular weight excluding hydrogens is 443 g/mol. The molecular formula is C17H27IN8. The number of hydrogen-bond donors (Lipinski definition) is 2. The molecule has 142 valence electrons. The van der Waals surface area contributed by atoms with Crippen molar-refractivity contribution in [2.24, 2.45) is 16.6 Å². The first kappa shape index (κ1) is 19.1. The highest BCUT2D eigenvalue weighted by atomic mass is 127. The number of hydrogen-bond acceptors (Lipinski definition) is 5. The first-order valence-electron chi connectivity index (χ1n) is 9.25. The van der Waals surface area contributed by atoms with Gasteiger partial charge in [-0.25, -0.2) is 4.98 Å². The van der Waals surface area contributed by atoms with Crippen molar-refractivity contribution >= 4 is 41.4 Å². The third kappa shape index (κ3) is 4.36. The summed E-state index contributed by atoms with van der Waals surface area (Å²) in [5.74, 6) is 2.00. The molecule has 3 N–H and O–H groups in total. The third-order valence-corrected chi connectivity index (χ3v) is 5.24. The van der Waals surface area contributed by atoms with Crippen LogP contribution in [0.15, 0.2) is 23.7 Å². The Balaban J connectivity index is 0.00000196. The summed E-state index contributed by atoms with van der Waals surface area (Å²) in [6, 6.07) is 0.515. The van der Waals surface area contributed by atoms with Gasteiger partial charge in [-0.15, -0.1) is 34.2 Å². The summed E-state index contributed by atoms with van der Waals surface area (Å²) in [5.41, 5.74) is 6.88. The van der Waals surface area contributed by atoms with Crippen LogP contribution in [0.4, 0.5) is 5.82 Å². The van der Waals surface area contributed by atoms with Crippen molar-refractivity contribution in [3.8, 4) is 0 Å². The largest absolute Gasteiger partial charge is 0.370 e. The molecule has 4 rings (SSSR count). The molecule has 2 fully saturated rings. The number of piperidine rings is 1. The third-order valence-electron chi connectivity index (χ3n) is 5.24. The van der Waals surface area contributed by atoms with Crippen LogP contribution in [0.3, 0.4) is 0 Å². The maximum Gasteiger partial charge on any atom is 0.203 e. The van der Waals surface area contributed by atoms with Gasteiger partial charge in [0, 0.05) is 38.1 Å². The van der Waals surface area contributed by atoms with Crippen molar-refractivity contribution in [2.75, 3.05) is 24.5 Å². The second-order valence-electron chi connectivity index (χ2n) is 7.12. The molecule has 1 atom stereocenters. The van der Waals surface area contributed by atoms with Crippen molar-refractivity contribution in [1.29, 1.82) is 0 Å². The molecule has 1 unspecified atom stereocenters. The van der Waals surface area contributed by atoms with E-state index in [4.69, 9.17) is 5.73 Å². The summed E-state index contributed by atoms with van der Waals surface area (Å²) in [6.07, 6.45) is 12.7. The zero-order valence-electron chi connectivity index (χ0n) is 14.9. The van der Waals surface area contributed by atoms with Gasteiger partial charge in [0.25, 0.3) is 0 Å². The number of halogens is 1. The van der Waals surface area contributed by atoms with Gasteiger partial charge in [0.15, 0.2) is 11.8 Å². The minimum Gasteiger partial charge on any atom is -0.370 e. The molecule has 1 saturated carbocycles. The maximum absolute atomic E-state index is 6.07. The van der Waals surface area contributed by atoms with E-state index in [9.17, 15) is 0 Å². The van der Waals surface area contributed by atoms with Crippen LogP contribution in [0.5, 0.6) is 0 Å². The van der Waals surface area contributed by atoms with Crippen molar-refractivity contribution in [1.82, 2.24) is 24.9 Å². The van der Waals surface area contributed by atoms with E-state index in [-0.39, 0.29) is 24.0 Å². The Morgan fingerprint density at radius 1 is 1.27 bits per heavy atom. The predicted octanol–water partition coefficient (Wildman–Crippen LogP) is 1.81. The van der Waals surface area contributed by atoms with Gasteiger partial charge >= 0.3 is 0 Å². The summed E-state index contributed by atoms with van der Waals surface area (Å²) >= 11 is 0. The molecule has 9 heteroatoms. The molecule has 1 aliphatic carbocycles. The Morgan fingerprint density at radius 3 is 2.96 bits per heavy atom. The molecule has 8 nitrogen and oxygen atoms in total. The maximum atomic E-state index is 6.07. The number of aromatic nitrogens is 4. The van der Waals surface area contributed by atoms with Crippen molar-refractivity contribution < 1.29 is 0 Å². The minimum atomic E-state index is 0. The number of guanidine groups is 1. The Hall–Kier alpha value is -1.65. The molecule has 0 amide bonds. The summed E-state index contributed by atoms with van der Waals surface area (Å²) in [7, 11) is 0. The lowest BCUT2D eigenvalue weighted by Crippen LogP contribution is -2.40. The Labute approximate surface area is 170 Å². The highest BCUT2D eigenvalue weighted by Crippen LogP contribution is 2.24. The molecule has 26 heavy (non-hydrogen) atoms. The number of nitrogens with two attached hydrogens (primary N) is 1. The van der Waals surface area contributed by atoms with E-state index in [1.165, 1.54) is 32.1 Å². The predicted molar refractivity (Wildman–Crippen MR) is 113 cm³/mol. The van der Waals surface area contributed by atoms with Gasteiger partial charge in [0.2, 0.25) is 5.65 Å². The lowest BCUT2D eigenvalue weighted by molar-refractivity contribution is 0.422. The zero-order valence-corrected chi connectivity index (χ0v) is 17.2. The monoisotopic (exact) mass is 470 g/mol. The summed E-state index contributed by atoms with van der Waals surface area (Å²) in [4.78, 5) is 11.4. The minimum absolute atomic E-state index is 0. The van der Waals surface area contributed by atoms with Gasteiger partial charge in [-0.2, -0.15) is 0 Å². The van der Waals surface area contributed by atoms with Crippen LogP contribution in [-0.4, -0.2) is 51.2 Å². The van der Waals surface area contributed by atoms with E-state index in [2.05, 4.69) is 30.4 Å². The lowest BCUT2D eigenvalue weighted by Gasteiger charge is -2.32. The number of aliphatic imine (C=N–C) groups is 1. The topological polar surface area (TPSA) is 96.7 Å². The molecule has 0 radical (unpaired) electrons. The van der Waals surface area contributed by atoms with Crippen LogP contribution in [0.2, 0.25) is 0 Å². The van der Waals surface area contributed by atoms with E-state index >= 15 is 0 Å².